The summed E-state index contributed by atoms with van der Waals surface area (Å²) in [5.41, 5.74) is 20.3. The fourth-order valence-corrected chi connectivity index (χ4v) is 0.978. The van der Waals surface area contributed by atoms with Gasteiger partial charge in [0.2, 0.25) is 0 Å². The number of carbonyl (C=O) groups is 4. The van der Waals surface area contributed by atoms with Crippen LogP contribution in [0.15, 0.2) is 0 Å². The van der Waals surface area contributed by atoms with Gasteiger partial charge in [0.15, 0.2) is 0 Å². The summed E-state index contributed by atoms with van der Waals surface area (Å²) < 4.78 is 0. The Labute approximate surface area is 144 Å². The predicted molar refractivity (Wildman–Crippen MR) is 87.7 cm³/mol. The second-order valence-corrected chi connectivity index (χ2v) is 4.69. The second kappa shape index (κ2) is 18.1. The topological polar surface area (TPSA) is 253 Å². The van der Waals surface area contributed by atoms with Crippen molar-refractivity contribution in [3.8, 4) is 0 Å². The minimum atomic E-state index is -1.08. The summed E-state index contributed by atoms with van der Waals surface area (Å²) >= 11 is 0. The first kappa shape index (κ1) is 27.6. The van der Waals surface area contributed by atoms with Gasteiger partial charge in [-0.05, 0) is 32.4 Å². The van der Waals surface area contributed by atoms with Gasteiger partial charge in [-0.25, -0.2) is 0 Å². The average Bonchev–Trinajstić information content (AvgIpc) is 2.51. The summed E-state index contributed by atoms with van der Waals surface area (Å²) in [7, 11) is 0. The lowest BCUT2D eigenvalue weighted by Gasteiger charge is -2.02. The van der Waals surface area contributed by atoms with Crippen molar-refractivity contribution in [1.29, 1.82) is 0 Å². The molecule has 0 aromatic rings. The quantitative estimate of drug-likeness (QED) is 0.205. The SMILES string of the molecule is NCCC(N)C(=O)O.NCCCC(N)C(=O)O.O=C(O)CCC(=O)O. The Bertz CT molecular complexity index is 391. The third-order valence-corrected chi connectivity index (χ3v) is 2.38. The molecule has 0 aromatic carbocycles. The van der Waals surface area contributed by atoms with Gasteiger partial charge in [0.25, 0.3) is 0 Å². The minimum Gasteiger partial charge on any atom is -0.481 e. The molecule has 0 aliphatic heterocycles. The molecule has 0 bridgehead atoms. The number of rotatable bonds is 10. The highest BCUT2D eigenvalue weighted by molar-refractivity contribution is 5.75. The highest BCUT2D eigenvalue weighted by Crippen LogP contribution is 1.91. The van der Waals surface area contributed by atoms with Gasteiger partial charge >= 0.3 is 23.9 Å². The normalized spacial score (nSPS) is 11.7. The van der Waals surface area contributed by atoms with E-state index in [1.54, 1.807) is 0 Å². The van der Waals surface area contributed by atoms with Crippen molar-refractivity contribution >= 4 is 23.9 Å². The lowest BCUT2D eigenvalue weighted by Crippen LogP contribution is -2.32. The van der Waals surface area contributed by atoms with Crippen molar-refractivity contribution in [2.24, 2.45) is 22.9 Å². The second-order valence-electron chi connectivity index (χ2n) is 4.69. The van der Waals surface area contributed by atoms with Gasteiger partial charge in [-0.3, -0.25) is 19.2 Å². The van der Waals surface area contributed by atoms with Crippen LogP contribution < -0.4 is 22.9 Å². The maximum absolute atomic E-state index is 10.0. The van der Waals surface area contributed by atoms with Crippen molar-refractivity contribution in [1.82, 2.24) is 0 Å². The van der Waals surface area contributed by atoms with Gasteiger partial charge in [0, 0.05) is 0 Å². The molecule has 12 nitrogen and oxygen atoms in total. The maximum Gasteiger partial charge on any atom is 0.320 e. The smallest absolute Gasteiger partial charge is 0.320 e. The number of aliphatic carboxylic acids is 4. The van der Waals surface area contributed by atoms with E-state index in [0.717, 1.165) is 0 Å². The zero-order valence-electron chi connectivity index (χ0n) is 13.8. The van der Waals surface area contributed by atoms with E-state index in [9.17, 15) is 19.2 Å². The summed E-state index contributed by atoms with van der Waals surface area (Å²) in [6.07, 6.45) is 0.888. The van der Waals surface area contributed by atoms with Gasteiger partial charge in [-0.15, -0.1) is 0 Å². The molecule has 0 heterocycles. The molecule has 0 aliphatic rings. The third kappa shape index (κ3) is 26.9. The molecule has 0 aliphatic carbocycles. The number of carboxylic acid groups (broad SMARTS) is 4. The maximum atomic E-state index is 10.0. The molecule has 0 aromatic heterocycles. The van der Waals surface area contributed by atoms with Crippen LogP contribution in [-0.2, 0) is 19.2 Å². The van der Waals surface area contributed by atoms with E-state index in [4.69, 9.17) is 43.4 Å². The largest absolute Gasteiger partial charge is 0.481 e. The summed E-state index contributed by atoms with van der Waals surface area (Å²) in [6, 6.07) is -1.53. The van der Waals surface area contributed by atoms with Crippen LogP contribution >= 0.6 is 0 Å². The van der Waals surface area contributed by atoms with Crippen molar-refractivity contribution < 1.29 is 39.6 Å². The van der Waals surface area contributed by atoms with E-state index >= 15 is 0 Å². The lowest BCUT2D eigenvalue weighted by atomic mass is 10.2. The fourth-order valence-electron chi connectivity index (χ4n) is 0.978. The molecule has 0 amide bonds. The Morgan fingerprint density at radius 3 is 1.24 bits per heavy atom. The van der Waals surface area contributed by atoms with Crippen molar-refractivity contribution in [3.05, 3.63) is 0 Å². The molecule has 2 atom stereocenters. The van der Waals surface area contributed by atoms with Gasteiger partial charge in [0.05, 0.1) is 12.8 Å². The van der Waals surface area contributed by atoms with E-state index in [1.165, 1.54) is 0 Å². The molecule has 0 fully saturated rings. The number of nitrogens with two attached hydrogens (primary N) is 4. The molecule has 12 heteroatoms. The van der Waals surface area contributed by atoms with Crippen LogP contribution in [0.5, 0.6) is 0 Å². The molecule has 0 saturated heterocycles. The van der Waals surface area contributed by atoms with Crippen LogP contribution in [0.1, 0.15) is 32.1 Å². The highest BCUT2D eigenvalue weighted by Gasteiger charge is 2.09. The van der Waals surface area contributed by atoms with Crippen LogP contribution in [0.4, 0.5) is 0 Å². The van der Waals surface area contributed by atoms with E-state index in [-0.39, 0.29) is 12.8 Å². The molecule has 2 unspecified atom stereocenters. The number of carboxylic acids is 4. The Balaban J connectivity index is -0.000000291. The molecule has 12 N–H and O–H groups in total. The van der Waals surface area contributed by atoms with Crippen LogP contribution in [0.2, 0.25) is 0 Å². The van der Waals surface area contributed by atoms with E-state index < -0.39 is 36.0 Å². The molecule has 0 radical (unpaired) electrons. The fraction of sp³-hybridized carbons (Fsp3) is 0.692. The van der Waals surface area contributed by atoms with Crippen LogP contribution in [0, 0.1) is 0 Å². The average molecular weight is 368 g/mol. The first-order valence-corrected chi connectivity index (χ1v) is 7.30. The minimum absolute atomic E-state index is 0.296. The molecule has 0 rings (SSSR count). The molecular weight excluding hydrogens is 340 g/mol. The highest BCUT2D eigenvalue weighted by atomic mass is 16.4. The molecule has 0 spiro atoms. The zero-order valence-corrected chi connectivity index (χ0v) is 13.8. The predicted octanol–water partition coefficient (Wildman–Crippen LogP) is -2.18. The Morgan fingerprint density at radius 2 is 1.04 bits per heavy atom. The molecule has 0 saturated carbocycles. The first-order chi connectivity index (χ1) is 11.5. The summed E-state index contributed by atoms with van der Waals surface area (Å²) in [6.45, 7) is 0.828. The van der Waals surface area contributed by atoms with E-state index in [2.05, 4.69) is 0 Å². The van der Waals surface area contributed by atoms with Crippen molar-refractivity contribution in [3.63, 3.8) is 0 Å². The summed E-state index contributed by atoms with van der Waals surface area (Å²) in [5.74, 6) is -4.10. The molecule has 25 heavy (non-hydrogen) atoms. The van der Waals surface area contributed by atoms with E-state index in [0.29, 0.717) is 32.4 Å². The van der Waals surface area contributed by atoms with Gasteiger partial charge in [0.1, 0.15) is 12.1 Å². The van der Waals surface area contributed by atoms with E-state index in [1.807, 2.05) is 0 Å². The number of hydrogen-bond acceptors (Lipinski definition) is 8. The Kier molecular flexibility index (Phi) is 19.9. The van der Waals surface area contributed by atoms with Gasteiger partial charge in [-0.1, -0.05) is 0 Å². The molecular formula is C13H28N4O8. The summed E-state index contributed by atoms with van der Waals surface area (Å²) in [4.78, 5) is 39.2. The first-order valence-electron chi connectivity index (χ1n) is 7.30. The van der Waals surface area contributed by atoms with Crippen LogP contribution in [0.3, 0.4) is 0 Å². The zero-order chi connectivity index (χ0) is 20.4. The summed E-state index contributed by atoms with van der Waals surface area (Å²) in [5, 5.41) is 32.2. The Hall–Kier alpha value is -2.28. The standard InChI is InChI=1S/C5H12N2O2.C4H10N2O2.C4H6O4/c6-3-1-2-4(7)5(8)9;5-2-1-3(6)4(7)8;5-3(6)1-2-4(7)8/h4H,1-3,6-7H2,(H,8,9);3H,1-2,5-6H2,(H,7,8);1-2H2,(H,5,6)(H,7,8). The monoisotopic (exact) mass is 368 g/mol. The van der Waals surface area contributed by atoms with Crippen molar-refractivity contribution in [2.75, 3.05) is 13.1 Å². The number of hydrogen-bond donors (Lipinski definition) is 8. The Morgan fingerprint density at radius 1 is 0.680 bits per heavy atom. The molecule has 148 valence electrons. The lowest BCUT2D eigenvalue weighted by molar-refractivity contribution is -0.143. The van der Waals surface area contributed by atoms with Gasteiger partial charge < -0.3 is 43.4 Å². The van der Waals surface area contributed by atoms with Gasteiger partial charge in [-0.2, -0.15) is 0 Å². The third-order valence-electron chi connectivity index (χ3n) is 2.38. The van der Waals surface area contributed by atoms with Crippen molar-refractivity contribution in [2.45, 2.75) is 44.2 Å². The van der Waals surface area contributed by atoms with Crippen LogP contribution in [0.25, 0.3) is 0 Å². The van der Waals surface area contributed by atoms with Crippen LogP contribution in [-0.4, -0.2) is 69.5 Å².